The van der Waals surface area contributed by atoms with Gasteiger partial charge < -0.3 is 17.4 Å². The van der Waals surface area contributed by atoms with Crippen LogP contribution in [0.1, 0.15) is 13.3 Å². The highest BCUT2D eigenvalue weighted by Crippen LogP contribution is 2.20. The van der Waals surface area contributed by atoms with E-state index in [1.165, 1.54) is 6.08 Å². The van der Waals surface area contributed by atoms with Crippen LogP contribution in [0.2, 0.25) is 32.2 Å². The molecule has 0 fully saturated rings. The zero-order chi connectivity index (χ0) is 15.6. The third-order valence-electron chi connectivity index (χ3n) is 2.23. The molecule has 20 heavy (non-hydrogen) atoms. The van der Waals surface area contributed by atoms with Crippen LogP contribution in [0.25, 0.3) is 0 Å². The fraction of sp³-hybridized carbons (Fsp3) is 0.750. The average molecular weight is 337 g/mol. The number of hydrogen-bond donors (Lipinski definition) is 0. The Bertz CT molecular complexity index is 287. The summed E-state index contributed by atoms with van der Waals surface area (Å²) in [6, 6.07) is 0.696. The van der Waals surface area contributed by atoms with Gasteiger partial charge in [-0.1, -0.05) is 6.58 Å². The van der Waals surface area contributed by atoms with E-state index in [0.717, 1.165) is 0 Å². The molecule has 0 unspecified atom stereocenters. The van der Waals surface area contributed by atoms with Gasteiger partial charge in [0.1, 0.15) is 0 Å². The molecular formula is C12H28O5Si3. The molecule has 118 valence electrons. The highest BCUT2D eigenvalue weighted by Gasteiger charge is 2.41. The third kappa shape index (κ3) is 8.82. The van der Waals surface area contributed by atoms with Crippen LogP contribution in [0.3, 0.4) is 0 Å². The number of hydrogen-bond acceptors (Lipinski definition) is 5. The van der Waals surface area contributed by atoms with Crippen molar-refractivity contribution in [2.75, 3.05) is 13.2 Å². The minimum Gasteiger partial charge on any atom is -0.463 e. The number of carbonyl (C=O) groups excluding carboxylic acids is 1. The Kier molecular flexibility index (Phi) is 10.3. The lowest BCUT2D eigenvalue weighted by molar-refractivity contribution is -0.137. The van der Waals surface area contributed by atoms with E-state index in [2.05, 4.69) is 32.8 Å². The molecule has 0 radical (unpaired) electrons. The van der Waals surface area contributed by atoms with Crippen LogP contribution in [0, 0.1) is 0 Å². The summed E-state index contributed by atoms with van der Waals surface area (Å²) in [7, 11) is -5.10. The standard InChI is InChI=1S/C12H28O5Si3/c1-7-12(13)14-10-9-11-20(15-8-2,16-18(3)4)17-19(5)6/h7,18-19H,1,8-11H2,2-6H3. The predicted molar refractivity (Wildman–Crippen MR) is 87.9 cm³/mol. The van der Waals surface area contributed by atoms with E-state index in [9.17, 15) is 4.79 Å². The molecule has 0 spiro atoms. The first kappa shape index (κ1) is 19.7. The van der Waals surface area contributed by atoms with E-state index in [4.69, 9.17) is 17.4 Å². The van der Waals surface area contributed by atoms with Crippen molar-refractivity contribution in [2.45, 2.75) is 45.6 Å². The molecule has 0 saturated heterocycles. The molecule has 0 aliphatic rings. The zero-order valence-electron chi connectivity index (χ0n) is 13.3. The summed E-state index contributed by atoms with van der Waals surface area (Å²) in [4.78, 5) is 11.0. The maximum Gasteiger partial charge on any atom is 0.479 e. The van der Waals surface area contributed by atoms with Gasteiger partial charge >= 0.3 is 14.8 Å². The molecule has 0 N–H and O–H groups in total. The molecule has 0 heterocycles. The van der Waals surface area contributed by atoms with Crippen LogP contribution in [0.15, 0.2) is 12.7 Å². The minimum absolute atomic E-state index is 0.346. The minimum atomic E-state index is -2.60. The van der Waals surface area contributed by atoms with E-state index in [1.54, 1.807) is 0 Å². The van der Waals surface area contributed by atoms with Gasteiger partial charge in [0.15, 0.2) is 18.1 Å². The lowest BCUT2D eigenvalue weighted by atomic mass is 10.5. The first-order chi connectivity index (χ1) is 9.35. The smallest absolute Gasteiger partial charge is 0.463 e. The Hall–Kier alpha value is -0.259. The second kappa shape index (κ2) is 10.5. The maximum atomic E-state index is 11.0. The van der Waals surface area contributed by atoms with Crippen molar-refractivity contribution in [3.8, 4) is 0 Å². The molecule has 0 aliphatic heterocycles. The van der Waals surface area contributed by atoms with E-state index < -0.39 is 32.9 Å². The zero-order valence-corrected chi connectivity index (χ0v) is 16.6. The summed E-state index contributed by atoms with van der Waals surface area (Å²) in [6.45, 7) is 14.7. The Morgan fingerprint density at radius 3 is 2.15 bits per heavy atom. The first-order valence-electron chi connectivity index (χ1n) is 7.14. The molecule has 0 aromatic heterocycles. The second-order valence-corrected chi connectivity index (χ2v) is 13.2. The van der Waals surface area contributed by atoms with E-state index in [1.807, 2.05) is 6.92 Å². The van der Waals surface area contributed by atoms with Crippen LogP contribution < -0.4 is 0 Å². The monoisotopic (exact) mass is 336 g/mol. The van der Waals surface area contributed by atoms with Crippen molar-refractivity contribution in [3.05, 3.63) is 12.7 Å². The molecule has 5 nitrogen and oxygen atoms in total. The lowest BCUT2D eigenvalue weighted by Crippen LogP contribution is -2.51. The molecule has 0 bridgehead atoms. The summed E-state index contributed by atoms with van der Waals surface area (Å²) < 4.78 is 23.1. The van der Waals surface area contributed by atoms with Crippen molar-refractivity contribution in [1.29, 1.82) is 0 Å². The van der Waals surface area contributed by atoms with Crippen LogP contribution >= 0.6 is 0 Å². The molecule has 0 amide bonds. The summed E-state index contributed by atoms with van der Waals surface area (Å²) in [5.41, 5.74) is 0. The van der Waals surface area contributed by atoms with Gasteiger partial charge in [0.05, 0.1) is 6.61 Å². The number of carbonyl (C=O) groups is 1. The van der Waals surface area contributed by atoms with Crippen LogP contribution in [-0.2, 0) is 22.2 Å². The van der Waals surface area contributed by atoms with Crippen molar-refractivity contribution in [1.82, 2.24) is 0 Å². The number of ether oxygens (including phenoxy) is 1. The average Bonchev–Trinajstić information content (AvgIpc) is 2.33. The normalized spacial score (nSPS) is 11.9. The Balaban J connectivity index is 4.54. The molecular weight excluding hydrogens is 308 g/mol. The molecule has 0 rings (SSSR count). The van der Waals surface area contributed by atoms with Crippen molar-refractivity contribution >= 4 is 32.9 Å². The quantitative estimate of drug-likeness (QED) is 0.250. The Morgan fingerprint density at radius 2 is 1.75 bits per heavy atom. The van der Waals surface area contributed by atoms with Gasteiger partial charge in [-0.25, -0.2) is 4.79 Å². The Labute approximate surface area is 127 Å². The lowest BCUT2D eigenvalue weighted by Gasteiger charge is -2.33. The predicted octanol–water partition coefficient (Wildman–Crippen LogP) is 2.08. The summed E-state index contributed by atoms with van der Waals surface area (Å²) in [5, 5.41) is 0. The van der Waals surface area contributed by atoms with Crippen LogP contribution in [0.5, 0.6) is 0 Å². The van der Waals surface area contributed by atoms with Gasteiger partial charge in [0.25, 0.3) is 0 Å². The van der Waals surface area contributed by atoms with E-state index in [-0.39, 0.29) is 0 Å². The summed E-state index contributed by atoms with van der Waals surface area (Å²) >= 11 is 0. The summed E-state index contributed by atoms with van der Waals surface area (Å²) in [6.07, 6.45) is 1.86. The summed E-state index contributed by atoms with van der Waals surface area (Å²) in [5.74, 6) is -0.396. The molecule has 0 aromatic rings. The number of esters is 1. The largest absolute Gasteiger partial charge is 0.479 e. The van der Waals surface area contributed by atoms with E-state index >= 15 is 0 Å². The number of rotatable bonds is 11. The fourth-order valence-electron chi connectivity index (χ4n) is 1.74. The van der Waals surface area contributed by atoms with Gasteiger partial charge in [0, 0.05) is 18.7 Å². The van der Waals surface area contributed by atoms with Crippen LogP contribution in [0.4, 0.5) is 0 Å². The third-order valence-corrected chi connectivity index (χ3v) is 10.6. The SMILES string of the molecule is C=CC(=O)OCCC[Si](OCC)(O[SiH](C)C)O[SiH](C)C. The molecule has 0 saturated carbocycles. The van der Waals surface area contributed by atoms with Crippen molar-refractivity contribution < 1.29 is 22.2 Å². The molecule has 8 heteroatoms. The van der Waals surface area contributed by atoms with Gasteiger partial charge in [-0.15, -0.1) is 0 Å². The van der Waals surface area contributed by atoms with Gasteiger partial charge in [0.2, 0.25) is 0 Å². The highest BCUT2D eigenvalue weighted by molar-refractivity contribution is 6.75. The Morgan fingerprint density at radius 1 is 1.20 bits per heavy atom. The molecule has 0 atom stereocenters. The maximum absolute atomic E-state index is 11.0. The fourth-order valence-corrected chi connectivity index (χ4v) is 10.9. The van der Waals surface area contributed by atoms with Crippen LogP contribution in [-0.4, -0.2) is 46.1 Å². The second-order valence-electron chi connectivity index (χ2n) is 4.92. The van der Waals surface area contributed by atoms with Crippen molar-refractivity contribution in [3.63, 3.8) is 0 Å². The highest BCUT2D eigenvalue weighted by atomic mass is 28.5. The van der Waals surface area contributed by atoms with Gasteiger partial charge in [-0.05, 0) is 39.5 Å². The molecule has 0 aliphatic carbocycles. The topological polar surface area (TPSA) is 54.0 Å². The first-order valence-corrected chi connectivity index (χ1v) is 14.6. The van der Waals surface area contributed by atoms with Crippen molar-refractivity contribution in [2.24, 2.45) is 0 Å². The van der Waals surface area contributed by atoms with Gasteiger partial charge in [-0.3, -0.25) is 0 Å². The van der Waals surface area contributed by atoms with Gasteiger partial charge in [-0.2, -0.15) is 0 Å². The molecule has 0 aromatic carbocycles. The van der Waals surface area contributed by atoms with E-state index in [0.29, 0.717) is 25.7 Å².